The van der Waals surface area contributed by atoms with E-state index in [-0.39, 0.29) is 16.5 Å². The van der Waals surface area contributed by atoms with E-state index in [4.69, 9.17) is 31.4 Å². The van der Waals surface area contributed by atoms with Crippen molar-refractivity contribution < 1.29 is 0 Å². The third-order valence-corrected chi connectivity index (χ3v) is 3.68. The Hall–Kier alpha value is 0.260. The van der Waals surface area contributed by atoms with E-state index in [9.17, 15) is 0 Å². The van der Waals surface area contributed by atoms with E-state index in [1.165, 1.54) is 6.42 Å². The summed E-state index contributed by atoms with van der Waals surface area (Å²) < 4.78 is 0. The molecule has 0 rings (SSSR count). The van der Waals surface area contributed by atoms with Crippen LogP contribution in [0, 0.1) is 21.7 Å². The molecule has 0 saturated carbocycles. The van der Waals surface area contributed by atoms with Gasteiger partial charge in [0.2, 0.25) is 0 Å². The quantitative estimate of drug-likeness (QED) is 0.406. The first-order valence-corrected chi connectivity index (χ1v) is 9.84. The van der Waals surface area contributed by atoms with Crippen LogP contribution in [0.25, 0.3) is 0 Å². The zero-order valence-corrected chi connectivity index (χ0v) is 21.1. The van der Waals surface area contributed by atoms with E-state index in [2.05, 4.69) is 55.4 Å². The number of hydrogen-bond acceptors (Lipinski definition) is 0. The molecule has 0 spiro atoms. The van der Waals surface area contributed by atoms with Gasteiger partial charge in [0, 0.05) is 0 Å². The van der Waals surface area contributed by atoms with Crippen LogP contribution in [-0.2, 0) is 0 Å². The van der Waals surface area contributed by atoms with Gasteiger partial charge in [0.25, 0.3) is 0 Å². The molecular formula is C22H48B4. The molecule has 0 aromatic rings. The summed E-state index contributed by atoms with van der Waals surface area (Å²) in [6.07, 6.45) is 1.27. The van der Waals surface area contributed by atoms with Gasteiger partial charge in [0.15, 0.2) is 0 Å². The Balaban J connectivity index is -0.000000126. The van der Waals surface area contributed by atoms with Crippen LogP contribution in [-0.4, -0.2) is 31.4 Å². The van der Waals surface area contributed by atoms with Crippen molar-refractivity contribution in [2.75, 3.05) is 0 Å². The molecule has 0 atom stereocenters. The topological polar surface area (TPSA) is 0 Å². The summed E-state index contributed by atoms with van der Waals surface area (Å²) in [5.41, 5.74) is 0.889. The predicted octanol–water partition coefficient (Wildman–Crippen LogP) is 7.12. The minimum atomic E-state index is -0.562. The molecule has 0 saturated heterocycles. The van der Waals surface area contributed by atoms with Crippen molar-refractivity contribution >= 4 is 31.4 Å². The molecule has 0 N–H and O–H groups in total. The molecular weight excluding hydrogens is 307 g/mol. The van der Waals surface area contributed by atoms with Crippen molar-refractivity contribution in [2.24, 2.45) is 21.7 Å². The van der Waals surface area contributed by atoms with Gasteiger partial charge in [0.1, 0.15) is 0 Å². The Morgan fingerprint density at radius 2 is 0.731 bits per heavy atom. The summed E-state index contributed by atoms with van der Waals surface area (Å²) in [5, 5.41) is -0.562. The van der Waals surface area contributed by atoms with Gasteiger partial charge >= 0.3 is 0 Å². The average molecular weight is 356 g/mol. The van der Waals surface area contributed by atoms with E-state index in [1.54, 1.807) is 0 Å². The summed E-state index contributed by atoms with van der Waals surface area (Å²) >= 11 is 0. The molecule has 0 amide bonds. The first-order chi connectivity index (χ1) is 10.8. The summed E-state index contributed by atoms with van der Waals surface area (Å²) in [7, 11) is 21.9. The second-order valence-electron chi connectivity index (χ2n) is 12.3. The highest BCUT2D eigenvalue weighted by atomic mass is 14.2. The lowest BCUT2D eigenvalue weighted by Gasteiger charge is -2.36. The fourth-order valence-corrected chi connectivity index (χ4v) is 0. The van der Waals surface area contributed by atoms with Gasteiger partial charge < -0.3 is 0 Å². The average Bonchev–Trinajstić information content (AvgIpc) is 2.23. The summed E-state index contributed by atoms with van der Waals surface area (Å²) in [4.78, 5) is 0. The molecule has 0 aromatic heterocycles. The van der Waals surface area contributed by atoms with Crippen LogP contribution in [0.2, 0.25) is 10.9 Å². The predicted molar refractivity (Wildman–Crippen MR) is 129 cm³/mol. The lowest BCUT2D eigenvalue weighted by molar-refractivity contribution is 0.363. The van der Waals surface area contributed by atoms with E-state index in [1.807, 2.05) is 48.5 Å². The Morgan fingerprint density at radius 1 is 0.615 bits per heavy atom. The lowest BCUT2D eigenvalue weighted by Crippen LogP contribution is -2.26. The minimum Gasteiger partial charge on any atom is -0.105 e. The van der Waals surface area contributed by atoms with Gasteiger partial charge in [-0.2, -0.15) is 0 Å². The normalized spacial score (nSPS) is 12.8. The fraction of sp³-hybridized carbons (Fsp3) is 1.00. The molecule has 0 heterocycles. The summed E-state index contributed by atoms with van der Waals surface area (Å²) in [5.74, 6) is 0. The smallest absolute Gasteiger partial charge is 0.0623 e. The van der Waals surface area contributed by atoms with Crippen molar-refractivity contribution in [1.29, 1.82) is 0 Å². The van der Waals surface area contributed by atoms with Crippen molar-refractivity contribution in [2.45, 2.75) is 121 Å². The van der Waals surface area contributed by atoms with Gasteiger partial charge in [-0.15, -0.1) is 5.72 Å². The van der Waals surface area contributed by atoms with Crippen LogP contribution in [0.4, 0.5) is 0 Å². The second-order valence-corrected chi connectivity index (χ2v) is 12.3. The van der Waals surface area contributed by atoms with Crippen molar-refractivity contribution in [1.82, 2.24) is 0 Å². The Labute approximate surface area is 174 Å². The first kappa shape index (κ1) is 33.8. The van der Waals surface area contributed by atoms with E-state index in [0.717, 1.165) is 0 Å². The van der Waals surface area contributed by atoms with Gasteiger partial charge in [0.05, 0.1) is 31.4 Å². The van der Waals surface area contributed by atoms with Gasteiger partial charge in [-0.05, 0) is 16.2 Å². The van der Waals surface area contributed by atoms with Crippen LogP contribution in [0.3, 0.4) is 0 Å². The molecule has 0 unspecified atom stereocenters. The Kier molecular flexibility index (Phi) is 16.5. The summed E-state index contributed by atoms with van der Waals surface area (Å²) in [6.45, 7) is 31.6. The van der Waals surface area contributed by atoms with Crippen molar-refractivity contribution in [3.63, 3.8) is 0 Å². The van der Waals surface area contributed by atoms with E-state index < -0.39 is 5.21 Å². The van der Waals surface area contributed by atoms with Crippen LogP contribution >= 0.6 is 0 Å². The van der Waals surface area contributed by atoms with Crippen LogP contribution in [0.15, 0.2) is 0 Å². The first-order valence-electron chi connectivity index (χ1n) is 9.84. The largest absolute Gasteiger partial charge is 0.105 e. The zero-order chi connectivity index (χ0) is 22.8. The highest BCUT2D eigenvalue weighted by Crippen LogP contribution is 2.37. The third kappa shape index (κ3) is 39.4. The summed E-state index contributed by atoms with van der Waals surface area (Å²) in [6, 6.07) is 0. The molecule has 26 heavy (non-hydrogen) atoms. The third-order valence-electron chi connectivity index (χ3n) is 3.68. The maximum atomic E-state index is 5.59. The zero-order valence-electron chi connectivity index (χ0n) is 21.1. The van der Waals surface area contributed by atoms with Crippen LogP contribution in [0.1, 0.15) is 110 Å². The molecule has 0 bridgehead atoms. The second kappa shape index (κ2) is 12.7. The standard InChI is InChI=1S/C6H12B2.C6H14.C5H10B2.C5H12/c1-5(2,3)6(4,7)8;1-5-6(2,3)4;1-5(2,3)4(6)7;1-5(2,3)4/h1-4H3;5H2,1-4H3;4H,1-3H3;1-4H3. The van der Waals surface area contributed by atoms with E-state index >= 15 is 0 Å². The van der Waals surface area contributed by atoms with Gasteiger partial charge in [-0.25, -0.2) is 0 Å². The monoisotopic (exact) mass is 356 g/mol. The minimum absolute atomic E-state index is 0.00694. The molecule has 8 radical (unpaired) electrons. The number of hydrogen-bond donors (Lipinski definition) is 0. The van der Waals surface area contributed by atoms with Crippen molar-refractivity contribution in [3.8, 4) is 0 Å². The highest BCUT2D eigenvalue weighted by molar-refractivity contribution is 6.40. The molecule has 4 heteroatoms. The SMILES string of the molecule is CC(C)(C)C.CCC(C)(C)C.[B]C([B])(C)C(C)(C)C.[B]C([B])C(C)(C)C. The number of rotatable bonds is 0. The van der Waals surface area contributed by atoms with Gasteiger partial charge in [-0.3, -0.25) is 0 Å². The Bertz CT molecular complexity index is 295. The van der Waals surface area contributed by atoms with Crippen LogP contribution < -0.4 is 0 Å². The fourth-order valence-electron chi connectivity index (χ4n) is 0. The van der Waals surface area contributed by atoms with Crippen molar-refractivity contribution in [3.05, 3.63) is 0 Å². The molecule has 0 aromatic carbocycles. The lowest BCUT2D eigenvalue weighted by atomic mass is 9.45. The highest BCUT2D eigenvalue weighted by Gasteiger charge is 2.25. The maximum absolute atomic E-state index is 5.59. The molecule has 0 aliphatic heterocycles. The molecule has 0 fully saturated rings. The molecule has 0 nitrogen and oxygen atoms in total. The molecule has 0 aliphatic carbocycles. The Morgan fingerprint density at radius 3 is 0.731 bits per heavy atom. The van der Waals surface area contributed by atoms with E-state index in [0.29, 0.717) is 10.8 Å². The maximum Gasteiger partial charge on any atom is 0.0623 e. The molecule has 148 valence electrons. The van der Waals surface area contributed by atoms with Crippen LogP contribution in [0.5, 0.6) is 0 Å². The van der Waals surface area contributed by atoms with Gasteiger partial charge in [-0.1, -0.05) is 121 Å². The molecule has 0 aliphatic rings.